The summed E-state index contributed by atoms with van der Waals surface area (Å²) in [4.78, 5) is 19.0. The maximum absolute atomic E-state index is 12.7. The van der Waals surface area contributed by atoms with Crippen LogP contribution in [0.1, 0.15) is 22.8 Å². The van der Waals surface area contributed by atoms with Crippen molar-refractivity contribution in [3.63, 3.8) is 0 Å². The van der Waals surface area contributed by atoms with Gasteiger partial charge in [-0.2, -0.15) is 13.2 Å². The SMILES string of the molecule is C/C(=N\C(=O)c1ccc2c(Oc3ccc(C(F)(F)F)cc3)cccc2c1)C1CN(C)C1. The van der Waals surface area contributed by atoms with E-state index >= 15 is 0 Å². The molecule has 1 aliphatic heterocycles. The van der Waals surface area contributed by atoms with E-state index in [1.54, 1.807) is 30.3 Å². The maximum atomic E-state index is 12.7. The molecule has 0 aliphatic carbocycles. The van der Waals surface area contributed by atoms with Crippen molar-refractivity contribution in [2.75, 3.05) is 20.1 Å². The Morgan fingerprint density at radius 1 is 1.06 bits per heavy atom. The first-order valence-electron chi connectivity index (χ1n) is 9.86. The highest BCUT2D eigenvalue weighted by molar-refractivity contribution is 6.06. The Balaban J connectivity index is 1.55. The molecule has 3 aromatic rings. The fourth-order valence-electron chi connectivity index (χ4n) is 3.59. The van der Waals surface area contributed by atoms with E-state index in [-0.39, 0.29) is 5.91 Å². The van der Waals surface area contributed by atoms with E-state index < -0.39 is 11.7 Å². The number of likely N-dealkylation sites (tertiary alicyclic amines) is 1. The standard InChI is InChI=1S/C24H21F3N2O2/c1-15(18-13-29(2)14-18)28-23(30)17-6-11-21-16(12-17)4-3-5-22(21)31-20-9-7-19(8-10-20)24(25,26)27/h3-12,18H,13-14H2,1-2H3/b28-15+. The Morgan fingerprint density at radius 2 is 1.77 bits per heavy atom. The Morgan fingerprint density at radius 3 is 2.42 bits per heavy atom. The summed E-state index contributed by atoms with van der Waals surface area (Å²) in [5.74, 6) is 0.820. The molecule has 1 heterocycles. The van der Waals surface area contributed by atoms with Crippen molar-refractivity contribution in [3.05, 3.63) is 71.8 Å². The summed E-state index contributed by atoms with van der Waals surface area (Å²) in [6.07, 6.45) is -4.39. The molecule has 1 amide bonds. The van der Waals surface area contributed by atoms with Gasteiger partial charge in [0.15, 0.2) is 0 Å². The third-order valence-corrected chi connectivity index (χ3v) is 5.43. The molecule has 0 unspecified atom stereocenters. The number of aliphatic imine (C=N–C) groups is 1. The molecule has 160 valence electrons. The number of hydrogen-bond acceptors (Lipinski definition) is 3. The molecule has 0 bridgehead atoms. The van der Waals surface area contributed by atoms with E-state index in [0.29, 0.717) is 23.0 Å². The highest BCUT2D eigenvalue weighted by Crippen LogP contribution is 2.34. The van der Waals surface area contributed by atoms with Gasteiger partial charge in [-0.05, 0) is 67.9 Å². The minimum Gasteiger partial charge on any atom is -0.457 e. The van der Waals surface area contributed by atoms with Crippen LogP contribution in [0.15, 0.2) is 65.7 Å². The summed E-state index contributed by atoms with van der Waals surface area (Å²) in [5, 5.41) is 1.53. The van der Waals surface area contributed by atoms with E-state index in [1.165, 1.54) is 12.1 Å². The van der Waals surface area contributed by atoms with Gasteiger partial charge in [0.1, 0.15) is 11.5 Å². The lowest BCUT2D eigenvalue weighted by Crippen LogP contribution is -2.47. The van der Waals surface area contributed by atoms with E-state index in [2.05, 4.69) is 9.89 Å². The zero-order valence-electron chi connectivity index (χ0n) is 17.1. The molecule has 0 N–H and O–H groups in total. The normalized spacial score (nSPS) is 15.7. The number of alkyl halides is 3. The highest BCUT2D eigenvalue weighted by Gasteiger charge is 2.30. The Kier molecular flexibility index (Phi) is 5.54. The zero-order valence-corrected chi connectivity index (χ0v) is 17.1. The summed E-state index contributed by atoms with van der Waals surface area (Å²) in [6, 6.07) is 15.1. The molecule has 4 rings (SSSR count). The summed E-state index contributed by atoms with van der Waals surface area (Å²) >= 11 is 0. The summed E-state index contributed by atoms with van der Waals surface area (Å²) in [5.41, 5.74) is 0.583. The van der Waals surface area contributed by atoms with E-state index in [1.807, 2.05) is 20.0 Å². The van der Waals surface area contributed by atoms with Crippen molar-refractivity contribution in [3.8, 4) is 11.5 Å². The summed E-state index contributed by atoms with van der Waals surface area (Å²) in [7, 11) is 2.03. The summed E-state index contributed by atoms with van der Waals surface area (Å²) in [6.45, 7) is 3.70. The first-order valence-corrected chi connectivity index (χ1v) is 9.86. The van der Waals surface area contributed by atoms with Gasteiger partial charge in [-0.1, -0.05) is 12.1 Å². The van der Waals surface area contributed by atoms with Crippen LogP contribution in [-0.4, -0.2) is 36.7 Å². The Bertz CT molecular complexity index is 1150. The number of hydrogen-bond donors (Lipinski definition) is 0. The van der Waals surface area contributed by atoms with Gasteiger partial charge in [0.2, 0.25) is 0 Å². The molecule has 1 saturated heterocycles. The van der Waals surface area contributed by atoms with Gasteiger partial charge < -0.3 is 9.64 Å². The molecule has 3 aromatic carbocycles. The minimum absolute atomic E-state index is 0.289. The maximum Gasteiger partial charge on any atom is 0.416 e. The first-order chi connectivity index (χ1) is 14.7. The highest BCUT2D eigenvalue weighted by atomic mass is 19.4. The monoisotopic (exact) mass is 426 g/mol. The second-order valence-electron chi connectivity index (χ2n) is 7.79. The number of amides is 1. The molecule has 1 aliphatic rings. The summed E-state index contributed by atoms with van der Waals surface area (Å²) < 4.78 is 44.0. The average Bonchev–Trinajstić information content (AvgIpc) is 2.71. The molecule has 31 heavy (non-hydrogen) atoms. The van der Waals surface area contributed by atoms with Gasteiger partial charge in [-0.3, -0.25) is 4.79 Å². The molecule has 0 saturated carbocycles. The topological polar surface area (TPSA) is 41.9 Å². The van der Waals surface area contributed by atoms with Gasteiger partial charge in [0, 0.05) is 35.7 Å². The average molecular weight is 426 g/mol. The fraction of sp³-hybridized carbons (Fsp3) is 0.250. The second kappa shape index (κ2) is 8.15. The number of fused-ring (bicyclic) bond motifs is 1. The lowest BCUT2D eigenvalue weighted by Gasteiger charge is -2.35. The van der Waals surface area contributed by atoms with Crippen molar-refractivity contribution >= 4 is 22.4 Å². The quantitative estimate of drug-likeness (QED) is 0.494. The minimum atomic E-state index is -4.39. The van der Waals surface area contributed by atoms with Gasteiger partial charge in [0.25, 0.3) is 5.91 Å². The van der Waals surface area contributed by atoms with Gasteiger partial charge in [-0.15, -0.1) is 0 Å². The number of carbonyl (C=O) groups excluding carboxylic acids is 1. The largest absolute Gasteiger partial charge is 0.457 e. The number of halogens is 3. The van der Waals surface area contributed by atoms with Gasteiger partial charge in [0.05, 0.1) is 5.56 Å². The molecule has 1 fully saturated rings. The van der Waals surface area contributed by atoms with Crippen LogP contribution < -0.4 is 4.74 Å². The molecule has 4 nitrogen and oxygen atoms in total. The molecule has 0 radical (unpaired) electrons. The van der Waals surface area contributed by atoms with Gasteiger partial charge in [-0.25, -0.2) is 4.99 Å². The van der Waals surface area contributed by atoms with Crippen molar-refractivity contribution in [2.45, 2.75) is 13.1 Å². The molecular formula is C24H21F3N2O2. The zero-order chi connectivity index (χ0) is 22.2. The van der Waals surface area contributed by atoms with Crippen molar-refractivity contribution < 1.29 is 22.7 Å². The molecule has 7 heteroatoms. The third-order valence-electron chi connectivity index (χ3n) is 5.43. The molecular weight excluding hydrogens is 405 g/mol. The van der Waals surface area contributed by atoms with Crippen LogP contribution in [0.5, 0.6) is 11.5 Å². The van der Waals surface area contributed by atoms with E-state index in [9.17, 15) is 18.0 Å². The predicted octanol–water partition coefficient (Wildman–Crippen LogP) is 5.81. The fourth-order valence-corrected chi connectivity index (χ4v) is 3.59. The number of nitrogens with zero attached hydrogens (tertiary/aromatic N) is 2. The Labute approximate surface area is 178 Å². The predicted molar refractivity (Wildman–Crippen MR) is 114 cm³/mol. The van der Waals surface area contributed by atoms with Gasteiger partial charge >= 0.3 is 6.18 Å². The number of rotatable bonds is 4. The number of carbonyl (C=O) groups is 1. The number of benzene rings is 3. The van der Waals surface area contributed by atoms with Crippen LogP contribution in [0.2, 0.25) is 0 Å². The van der Waals surface area contributed by atoms with Crippen molar-refractivity contribution in [1.82, 2.24) is 4.90 Å². The second-order valence-corrected chi connectivity index (χ2v) is 7.79. The lowest BCUT2D eigenvalue weighted by atomic mass is 9.96. The third kappa shape index (κ3) is 4.61. The van der Waals surface area contributed by atoms with E-state index in [0.717, 1.165) is 41.7 Å². The molecule has 0 aromatic heterocycles. The Hall–Kier alpha value is -3.19. The van der Waals surface area contributed by atoms with Crippen LogP contribution in [0.3, 0.4) is 0 Å². The van der Waals surface area contributed by atoms with Crippen molar-refractivity contribution in [1.29, 1.82) is 0 Å². The van der Waals surface area contributed by atoms with E-state index in [4.69, 9.17) is 4.74 Å². The molecule has 0 spiro atoms. The van der Waals surface area contributed by atoms with Crippen molar-refractivity contribution in [2.24, 2.45) is 10.9 Å². The van der Waals surface area contributed by atoms with Crippen LogP contribution in [0.4, 0.5) is 13.2 Å². The lowest BCUT2D eigenvalue weighted by molar-refractivity contribution is -0.137. The van der Waals surface area contributed by atoms with Crippen LogP contribution in [0, 0.1) is 5.92 Å². The first kappa shape index (κ1) is 21.1. The molecule has 0 atom stereocenters. The van der Waals surface area contributed by atoms with Crippen LogP contribution in [0.25, 0.3) is 10.8 Å². The smallest absolute Gasteiger partial charge is 0.416 e. The van der Waals surface area contributed by atoms with Crippen LogP contribution >= 0.6 is 0 Å². The van der Waals surface area contributed by atoms with Crippen LogP contribution in [-0.2, 0) is 6.18 Å². The number of ether oxygens (including phenoxy) is 1.